The van der Waals surface area contributed by atoms with E-state index in [2.05, 4.69) is 56.5 Å². The first-order valence-electron chi connectivity index (χ1n) is 9.04. The minimum atomic E-state index is -6.00. The van der Waals surface area contributed by atoms with Gasteiger partial charge in [-0.15, -0.1) is 0 Å². The molecular weight excluding hydrogens is 345 g/mol. The van der Waals surface area contributed by atoms with Crippen LogP contribution in [0.15, 0.2) is 48.7 Å². The average Bonchev–Trinajstić information content (AvgIpc) is 2.62. The van der Waals surface area contributed by atoms with Gasteiger partial charge >= 0.3 is 8.68 Å². The molecule has 1 aromatic carbocycles. The predicted molar refractivity (Wildman–Crippen MR) is 101 cm³/mol. The lowest BCUT2D eigenvalue weighted by atomic mass is 10.0. The summed E-state index contributed by atoms with van der Waals surface area (Å²) in [7, 11) is -6.00. The van der Waals surface area contributed by atoms with Gasteiger partial charge in [0.1, 0.15) is 0 Å². The molecular formula is C19H28BF4NO. The standard InChI is InChI=1S/C19H27NO.BF4/c1-3-5-9-17(4-2)16-21-20-14-12-19(13-15-20)18-10-7-6-8-11-18;2-1(3,4)5/h6-8,10-14,17H,3-5,9,15-16H2,1-2H3;/q;-1/p+1. The summed E-state index contributed by atoms with van der Waals surface area (Å²) in [6.07, 6.45) is 11.4. The maximum Gasteiger partial charge on any atom is 1.00 e. The first kappa shape index (κ1) is 22.3. The second-order valence-corrected chi connectivity index (χ2v) is 6.15. The van der Waals surface area contributed by atoms with Gasteiger partial charge in [0.05, 0.1) is 13.2 Å². The zero-order chi connectivity index (χ0) is 19.4. The fourth-order valence-electron chi connectivity index (χ4n) is 2.52. The van der Waals surface area contributed by atoms with Crippen LogP contribution in [0.5, 0.6) is 0 Å². The van der Waals surface area contributed by atoms with Crippen LogP contribution in [0.1, 0.15) is 46.5 Å². The number of unbranched alkanes of at least 4 members (excludes halogenated alkanes) is 1. The van der Waals surface area contributed by atoms with Gasteiger partial charge in [0.15, 0.2) is 0 Å². The van der Waals surface area contributed by atoms with Gasteiger partial charge in [-0.2, -0.15) is 0 Å². The predicted octanol–water partition coefficient (Wildman–Crippen LogP) is 6.46. The molecule has 7 heteroatoms. The molecule has 1 aliphatic heterocycles. The van der Waals surface area contributed by atoms with Crippen LogP contribution in [-0.2, 0) is 4.84 Å². The summed E-state index contributed by atoms with van der Waals surface area (Å²) in [6.45, 7) is 6.15. The van der Waals surface area contributed by atoms with Gasteiger partial charge in [0.25, 0.3) is 0 Å². The number of hydrogen-bond donors (Lipinski definition) is 0. The highest BCUT2D eigenvalue weighted by atomic mass is 19.5. The maximum atomic E-state index is 9.75. The van der Waals surface area contributed by atoms with E-state index >= 15 is 0 Å². The molecule has 0 aromatic heterocycles. The van der Waals surface area contributed by atoms with Gasteiger partial charge in [-0.25, -0.2) is 0 Å². The van der Waals surface area contributed by atoms with Crippen molar-refractivity contribution < 1.29 is 23.5 Å². The van der Waals surface area contributed by atoms with Crippen molar-refractivity contribution in [2.45, 2.75) is 39.5 Å². The molecule has 1 atom stereocenters. The van der Waals surface area contributed by atoms with E-state index in [1.807, 2.05) is 11.1 Å². The monoisotopic (exact) mass is 373 g/mol. The fourth-order valence-corrected chi connectivity index (χ4v) is 2.52. The summed E-state index contributed by atoms with van der Waals surface area (Å²) in [5, 5.41) is 1.95. The third-order valence-corrected chi connectivity index (χ3v) is 4.04. The molecule has 0 amide bonds. The number of hydrogen-bond acceptors (Lipinski definition) is 2. The van der Waals surface area contributed by atoms with E-state index in [1.165, 1.54) is 36.8 Å². The van der Waals surface area contributed by atoms with Gasteiger partial charge in [-0.1, -0.05) is 69.5 Å². The van der Waals surface area contributed by atoms with Crippen molar-refractivity contribution in [3.8, 4) is 0 Å². The highest BCUT2D eigenvalue weighted by Gasteiger charge is 2.20. The molecule has 0 radical (unpaired) electrons. The summed E-state index contributed by atoms with van der Waals surface area (Å²) in [6, 6.07) is 10.5. The van der Waals surface area contributed by atoms with Crippen molar-refractivity contribution in [3.63, 3.8) is 0 Å². The Labute approximate surface area is 155 Å². The highest BCUT2D eigenvalue weighted by molar-refractivity contribution is 6.50. The summed E-state index contributed by atoms with van der Waals surface area (Å²) < 4.78 is 39.0. The Hall–Kier alpha value is -1.76. The van der Waals surface area contributed by atoms with Gasteiger partial charge in [-0.05, 0) is 29.6 Å². The highest BCUT2D eigenvalue weighted by Crippen LogP contribution is 2.20. The zero-order valence-corrected chi connectivity index (χ0v) is 15.4. The molecule has 146 valence electrons. The first-order chi connectivity index (χ1) is 12.3. The number of benzene rings is 1. The molecule has 2 rings (SSSR count). The van der Waals surface area contributed by atoms with Crippen molar-refractivity contribution in [1.82, 2.24) is 5.06 Å². The zero-order valence-electron chi connectivity index (χ0n) is 16.4. The van der Waals surface area contributed by atoms with Crippen LogP contribution in [0.25, 0.3) is 5.57 Å². The third-order valence-electron chi connectivity index (χ3n) is 4.04. The molecule has 2 nitrogen and oxygen atoms in total. The summed E-state index contributed by atoms with van der Waals surface area (Å²) in [5.41, 5.74) is 2.54. The number of hydroxylamine groups is 2. The van der Waals surface area contributed by atoms with Crippen molar-refractivity contribution in [2.75, 3.05) is 13.2 Å². The largest absolute Gasteiger partial charge is 1.00 e. The van der Waals surface area contributed by atoms with Crippen molar-refractivity contribution >= 4 is 12.8 Å². The van der Waals surface area contributed by atoms with E-state index in [1.54, 1.807) is 0 Å². The molecule has 26 heavy (non-hydrogen) atoms. The lowest BCUT2D eigenvalue weighted by molar-refractivity contribution is -0.127. The van der Waals surface area contributed by atoms with E-state index in [-0.39, 0.29) is 1.43 Å². The molecule has 0 bridgehead atoms. The van der Waals surface area contributed by atoms with Crippen molar-refractivity contribution in [3.05, 3.63) is 54.2 Å². The molecule has 1 heterocycles. The quantitative estimate of drug-likeness (QED) is 0.383. The van der Waals surface area contributed by atoms with Gasteiger partial charge < -0.3 is 17.3 Å². The Balaban J connectivity index is 0.00000100. The molecule has 1 aromatic rings. The number of allylic oxidation sites excluding steroid dienone is 2. The summed E-state index contributed by atoms with van der Waals surface area (Å²) in [4.78, 5) is 5.92. The van der Waals surface area contributed by atoms with Crippen LogP contribution in [0.4, 0.5) is 17.3 Å². The first-order valence-corrected chi connectivity index (χ1v) is 9.04. The fraction of sp³-hybridized carbons (Fsp3) is 0.474. The van der Waals surface area contributed by atoms with Gasteiger partial charge in [0, 0.05) is 6.20 Å². The smallest absolute Gasteiger partial charge is 0.418 e. The van der Waals surface area contributed by atoms with Crippen LogP contribution in [-0.4, -0.2) is 25.5 Å². The molecule has 0 spiro atoms. The summed E-state index contributed by atoms with van der Waals surface area (Å²) >= 11 is 0. The van der Waals surface area contributed by atoms with E-state index in [0.29, 0.717) is 5.92 Å². The van der Waals surface area contributed by atoms with Crippen LogP contribution in [0.2, 0.25) is 0 Å². The minimum Gasteiger partial charge on any atom is -0.418 e. The van der Waals surface area contributed by atoms with Crippen LogP contribution < -0.4 is 0 Å². The second-order valence-electron chi connectivity index (χ2n) is 6.15. The topological polar surface area (TPSA) is 12.5 Å². The van der Waals surface area contributed by atoms with E-state index in [0.717, 1.165) is 13.2 Å². The Kier molecular flexibility index (Phi) is 10.1. The molecule has 0 saturated carbocycles. The van der Waals surface area contributed by atoms with Crippen LogP contribution in [0.3, 0.4) is 0 Å². The number of halogens is 4. The van der Waals surface area contributed by atoms with Crippen molar-refractivity contribution in [2.24, 2.45) is 5.92 Å². The number of rotatable bonds is 8. The van der Waals surface area contributed by atoms with E-state index in [4.69, 9.17) is 4.84 Å². The van der Waals surface area contributed by atoms with Crippen LogP contribution in [0, 0.1) is 5.92 Å². The Morgan fingerprint density at radius 3 is 2.31 bits per heavy atom. The van der Waals surface area contributed by atoms with Crippen molar-refractivity contribution in [1.29, 1.82) is 0 Å². The summed E-state index contributed by atoms with van der Waals surface area (Å²) in [5.74, 6) is 0.679. The van der Waals surface area contributed by atoms with E-state index in [9.17, 15) is 17.3 Å². The molecule has 0 N–H and O–H groups in total. The molecule has 1 aliphatic rings. The lowest BCUT2D eigenvalue weighted by Crippen LogP contribution is -2.23. The van der Waals surface area contributed by atoms with Gasteiger partial charge in [-0.3, -0.25) is 9.90 Å². The lowest BCUT2D eigenvalue weighted by Gasteiger charge is -2.24. The molecule has 0 fully saturated rings. The minimum absolute atomic E-state index is 0. The Bertz CT molecular complexity index is 561. The second kappa shape index (κ2) is 11.8. The maximum absolute atomic E-state index is 9.75. The van der Waals surface area contributed by atoms with E-state index < -0.39 is 7.25 Å². The van der Waals surface area contributed by atoms with Crippen LogP contribution >= 0.6 is 0 Å². The normalized spacial score (nSPS) is 15.2. The Morgan fingerprint density at radius 2 is 1.81 bits per heavy atom. The van der Waals surface area contributed by atoms with Gasteiger partial charge in [0.2, 0.25) is 0 Å². The number of nitrogens with zero attached hydrogens (tertiary/aromatic N) is 1. The molecule has 1 unspecified atom stereocenters. The molecule has 0 saturated heterocycles. The average molecular weight is 373 g/mol. The third kappa shape index (κ3) is 10.3. The Morgan fingerprint density at radius 1 is 1.15 bits per heavy atom. The molecule has 0 aliphatic carbocycles. The SMILES string of the molecule is CCCCC(CC)CON1C=CC(c2ccccc2)=CC1.F[B-](F)(F)F.[H+].